The second-order valence-electron chi connectivity index (χ2n) is 5.91. The number of rotatable bonds is 3. The number of hydrogen-bond donors (Lipinski definition) is 2. The lowest BCUT2D eigenvalue weighted by molar-refractivity contribution is 0.814. The van der Waals surface area contributed by atoms with E-state index in [0.29, 0.717) is 29.0 Å². The van der Waals surface area contributed by atoms with Crippen LogP contribution in [0.2, 0.25) is 0 Å². The highest BCUT2D eigenvalue weighted by molar-refractivity contribution is 5.88. The summed E-state index contributed by atoms with van der Waals surface area (Å²) in [7, 11) is 0. The highest BCUT2D eigenvalue weighted by Crippen LogP contribution is 2.26. The van der Waals surface area contributed by atoms with E-state index in [-0.39, 0.29) is 5.95 Å². The Morgan fingerprint density at radius 2 is 1.79 bits per heavy atom. The molecule has 4 aromatic rings. The summed E-state index contributed by atoms with van der Waals surface area (Å²) in [5.74, 6) is 0.161. The Bertz CT molecular complexity index is 1140. The summed E-state index contributed by atoms with van der Waals surface area (Å²) >= 11 is 0. The summed E-state index contributed by atoms with van der Waals surface area (Å²) in [6, 6.07) is 17.0. The fourth-order valence-corrected chi connectivity index (χ4v) is 2.83. The van der Waals surface area contributed by atoms with Crippen molar-refractivity contribution in [2.24, 2.45) is 0 Å². The number of aromatic nitrogens is 4. The van der Waals surface area contributed by atoms with Crippen LogP contribution in [0.1, 0.15) is 25.0 Å². The summed E-state index contributed by atoms with van der Waals surface area (Å²) in [4.78, 5) is 13.2. The molecule has 0 unspecified atom stereocenters. The van der Waals surface area contributed by atoms with Crippen molar-refractivity contribution in [3.05, 3.63) is 66.0 Å². The molecule has 0 spiro atoms. The second kappa shape index (κ2) is 8.18. The number of hydrogen-bond acceptors (Lipinski definition) is 6. The van der Waals surface area contributed by atoms with E-state index in [9.17, 15) is 0 Å². The van der Waals surface area contributed by atoms with E-state index in [1.165, 1.54) is 0 Å². The van der Waals surface area contributed by atoms with Crippen molar-refractivity contribution in [3.8, 4) is 17.3 Å². The van der Waals surface area contributed by atoms with Crippen molar-refractivity contribution in [2.45, 2.75) is 20.4 Å². The van der Waals surface area contributed by atoms with Crippen molar-refractivity contribution >= 4 is 22.8 Å². The summed E-state index contributed by atoms with van der Waals surface area (Å²) in [6.07, 6.45) is 1.72. The van der Waals surface area contributed by atoms with E-state index in [4.69, 9.17) is 16.7 Å². The average molecular weight is 371 g/mol. The van der Waals surface area contributed by atoms with Crippen LogP contribution in [0.4, 0.5) is 11.6 Å². The van der Waals surface area contributed by atoms with Gasteiger partial charge in [-0.1, -0.05) is 38.1 Å². The molecule has 0 bridgehead atoms. The molecule has 7 nitrogen and oxygen atoms in total. The van der Waals surface area contributed by atoms with Crippen molar-refractivity contribution in [2.75, 3.05) is 11.5 Å². The molecule has 0 saturated heterocycles. The number of nitrogens with zero attached hydrogens (tertiary/aromatic N) is 5. The minimum atomic E-state index is 0.161. The molecule has 140 valence electrons. The molecule has 4 rings (SSSR count). The number of anilines is 2. The largest absolute Gasteiger partial charge is 0.399 e. The molecule has 2 aromatic heterocycles. The Morgan fingerprint density at radius 1 is 1.04 bits per heavy atom. The minimum Gasteiger partial charge on any atom is -0.399 e. The topological polar surface area (TPSA) is 119 Å². The Morgan fingerprint density at radius 3 is 2.50 bits per heavy atom. The third-order valence-corrected chi connectivity index (χ3v) is 4.08. The number of nitrogen functional groups attached to an aromatic ring is 2. The van der Waals surface area contributed by atoms with Crippen LogP contribution in [0.5, 0.6) is 0 Å². The Balaban J connectivity index is 0.00000109. The van der Waals surface area contributed by atoms with E-state index in [1.54, 1.807) is 18.5 Å². The van der Waals surface area contributed by atoms with Gasteiger partial charge in [0, 0.05) is 11.3 Å². The molecule has 28 heavy (non-hydrogen) atoms. The zero-order valence-corrected chi connectivity index (χ0v) is 15.8. The van der Waals surface area contributed by atoms with E-state index < -0.39 is 0 Å². The lowest BCUT2D eigenvalue weighted by Gasteiger charge is -2.07. The maximum atomic E-state index is 9.13. The number of nitrogens with two attached hydrogens (primary N) is 2. The fourth-order valence-electron chi connectivity index (χ4n) is 2.83. The number of imidazole rings is 1. The first-order valence-corrected chi connectivity index (χ1v) is 8.97. The van der Waals surface area contributed by atoms with Crippen molar-refractivity contribution in [3.63, 3.8) is 0 Å². The normalized spacial score (nSPS) is 10.2. The monoisotopic (exact) mass is 371 g/mol. The predicted octanol–water partition coefficient (Wildman–Crippen LogP) is 3.60. The first kappa shape index (κ1) is 18.9. The van der Waals surface area contributed by atoms with E-state index in [0.717, 1.165) is 16.8 Å². The van der Waals surface area contributed by atoms with Gasteiger partial charge in [0.15, 0.2) is 5.65 Å². The lowest BCUT2D eigenvalue weighted by atomic mass is 10.1. The van der Waals surface area contributed by atoms with Crippen LogP contribution in [0.25, 0.3) is 22.4 Å². The quantitative estimate of drug-likeness (QED) is 0.531. The summed E-state index contributed by atoms with van der Waals surface area (Å²) in [5, 5.41) is 9.13. The molecule has 0 aliphatic heterocycles. The standard InChI is InChI=1S/C19H15N7.C2H6/c20-9-13-2-1-3-14(8-13)16-17-18(25-19(22)24-16)26(11-23-17)10-12-4-6-15(21)7-5-12;1-2/h1-8,11H,10,21H2,(H2,22,24,25);1-2H3. The van der Waals surface area contributed by atoms with Gasteiger partial charge in [-0.05, 0) is 29.8 Å². The van der Waals surface area contributed by atoms with Gasteiger partial charge in [0.05, 0.1) is 24.5 Å². The van der Waals surface area contributed by atoms with Crippen LogP contribution in [0.15, 0.2) is 54.9 Å². The zero-order chi connectivity index (χ0) is 20.1. The lowest BCUT2D eigenvalue weighted by Crippen LogP contribution is -2.03. The van der Waals surface area contributed by atoms with Gasteiger partial charge < -0.3 is 16.0 Å². The Labute approximate surface area is 163 Å². The highest BCUT2D eigenvalue weighted by atomic mass is 15.1. The van der Waals surface area contributed by atoms with E-state index >= 15 is 0 Å². The van der Waals surface area contributed by atoms with Gasteiger partial charge in [0.1, 0.15) is 11.2 Å². The van der Waals surface area contributed by atoms with Crippen molar-refractivity contribution in [1.82, 2.24) is 19.5 Å². The summed E-state index contributed by atoms with van der Waals surface area (Å²) < 4.78 is 1.91. The van der Waals surface area contributed by atoms with E-state index in [2.05, 4.69) is 21.0 Å². The molecule has 0 fully saturated rings. The third kappa shape index (κ3) is 3.76. The molecular formula is C21H21N7. The SMILES string of the molecule is CC.N#Cc1cccc(-c2nc(N)nc3c2ncn3Cc2ccc(N)cc2)c1. The molecule has 0 radical (unpaired) electrons. The van der Waals surface area contributed by atoms with Crippen LogP contribution < -0.4 is 11.5 Å². The summed E-state index contributed by atoms with van der Waals surface area (Å²) in [6.45, 7) is 4.59. The minimum absolute atomic E-state index is 0.161. The van der Waals surface area contributed by atoms with Gasteiger partial charge in [-0.25, -0.2) is 9.97 Å². The third-order valence-electron chi connectivity index (χ3n) is 4.08. The van der Waals surface area contributed by atoms with E-state index in [1.807, 2.05) is 54.8 Å². The molecule has 2 heterocycles. The predicted molar refractivity (Wildman–Crippen MR) is 111 cm³/mol. The molecule has 0 aliphatic carbocycles. The molecule has 2 aromatic carbocycles. The maximum Gasteiger partial charge on any atom is 0.222 e. The number of fused-ring (bicyclic) bond motifs is 1. The van der Waals surface area contributed by atoms with Crippen molar-refractivity contribution < 1.29 is 0 Å². The van der Waals surface area contributed by atoms with Gasteiger partial charge in [0.2, 0.25) is 5.95 Å². The molecule has 0 saturated carbocycles. The fraction of sp³-hybridized carbons (Fsp3) is 0.143. The van der Waals surface area contributed by atoms with Crippen LogP contribution in [0.3, 0.4) is 0 Å². The van der Waals surface area contributed by atoms with Gasteiger partial charge in [-0.15, -0.1) is 0 Å². The van der Waals surface area contributed by atoms with Crippen LogP contribution in [-0.2, 0) is 6.54 Å². The van der Waals surface area contributed by atoms with Crippen LogP contribution >= 0.6 is 0 Å². The average Bonchev–Trinajstić information content (AvgIpc) is 3.13. The van der Waals surface area contributed by atoms with Crippen LogP contribution in [0, 0.1) is 11.3 Å². The van der Waals surface area contributed by atoms with Crippen molar-refractivity contribution in [1.29, 1.82) is 5.26 Å². The first-order chi connectivity index (χ1) is 13.6. The van der Waals surface area contributed by atoms with Crippen LogP contribution in [-0.4, -0.2) is 19.5 Å². The first-order valence-electron chi connectivity index (χ1n) is 8.97. The number of benzene rings is 2. The second-order valence-corrected chi connectivity index (χ2v) is 5.91. The number of nitriles is 1. The maximum absolute atomic E-state index is 9.13. The molecule has 0 amide bonds. The highest BCUT2D eigenvalue weighted by Gasteiger charge is 2.14. The van der Waals surface area contributed by atoms with Gasteiger partial charge in [0.25, 0.3) is 0 Å². The molecule has 0 aliphatic rings. The molecule has 4 N–H and O–H groups in total. The molecule has 0 atom stereocenters. The Hall–Kier alpha value is -3.92. The smallest absolute Gasteiger partial charge is 0.222 e. The van der Waals surface area contributed by atoms with Gasteiger partial charge >= 0.3 is 0 Å². The van der Waals surface area contributed by atoms with Gasteiger partial charge in [-0.3, -0.25) is 0 Å². The van der Waals surface area contributed by atoms with Gasteiger partial charge in [-0.2, -0.15) is 10.2 Å². The molecular weight excluding hydrogens is 350 g/mol. The molecule has 7 heteroatoms. The summed E-state index contributed by atoms with van der Waals surface area (Å²) in [5.41, 5.74) is 16.7. The zero-order valence-electron chi connectivity index (χ0n) is 15.8. The Kier molecular flexibility index (Phi) is 5.51.